The lowest BCUT2D eigenvalue weighted by Crippen LogP contribution is -2.38. The molecule has 1 fully saturated rings. The van der Waals surface area contributed by atoms with E-state index in [1.54, 1.807) is 24.3 Å². The van der Waals surface area contributed by atoms with Gasteiger partial charge in [0.1, 0.15) is 13.1 Å². The largest absolute Gasteiger partial charge is 0.465 e. The highest BCUT2D eigenvalue weighted by atomic mass is 16.5. The standard InChI is InChI=1S/C17H19N3O7/c1-19-8-14(22)20(17(19)25)9-15(23)27-10-13(21)18-7-11-3-5-12(6-4-11)16(24)26-2/h3-6H,7-10H2,1-2H3,(H,18,21). The molecule has 0 atom stereocenters. The normalized spacial score (nSPS) is 13.6. The molecule has 0 aromatic heterocycles. The van der Waals surface area contributed by atoms with Gasteiger partial charge in [-0.15, -0.1) is 0 Å². The Kier molecular flexibility index (Phi) is 6.47. The van der Waals surface area contributed by atoms with Crippen molar-refractivity contribution in [3.05, 3.63) is 35.4 Å². The minimum Gasteiger partial charge on any atom is -0.465 e. The maximum atomic E-state index is 11.7. The number of esters is 2. The number of ether oxygens (including phenoxy) is 2. The van der Waals surface area contributed by atoms with Gasteiger partial charge in [-0.2, -0.15) is 0 Å². The molecule has 0 spiro atoms. The third-order valence-electron chi connectivity index (χ3n) is 3.75. The average molecular weight is 377 g/mol. The number of urea groups is 1. The first-order valence-electron chi connectivity index (χ1n) is 7.97. The summed E-state index contributed by atoms with van der Waals surface area (Å²) in [5.41, 5.74) is 1.12. The van der Waals surface area contributed by atoms with Crippen LogP contribution in [-0.2, 0) is 30.4 Å². The van der Waals surface area contributed by atoms with E-state index in [1.807, 2.05) is 0 Å². The molecule has 0 unspecified atom stereocenters. The van der Waals surface area contributed by atoms with Crippen molar-refractivity contribution in [2.24, 2.45) is 0 Å². The van der Waals surface area contributed by atoms with Crippen LogP contribution in [0.2, 0.25) is 0 Å². The second-order valence-corrected chi connectivity index (χ2v) is 5.74. The van der Waals surface area contributed by atoms with Gasteiger partial charge in [0.25, 0.3) is 11.8 Å². The molecule has 1 N–H and O–H groups in total. The van der Waals surface area contributed by atoms with Gasteiger partial charge < -0.3 is 19.7 Å². The first-order valence-corrected chi connectivity index (χ1v) is 7.97. The maximum Gasteiger partial charge on any atom is 0.337 e. The summed E-state index contributed by atoms with van der Waals surface area (Å²) in [6, 6.07) is 5.85. The molecule has 0 saturated carbocycles. The number of rotatable bonds is 7. The second-order valence-electron chi connectivity index (χ2n) is 5.74. The predicted molar refractivity (Wildman–Crippen MR) is 90.3 cm³/mol. The molecule has 1 aromatic carbocycles. The van der Waals surface area contributed by atoms with Crippen LogP contribution in [0.5, 0.6) is 0 Å². The Balaban J connectivity index is 1.73. The van der Waals surface area contributed by atoms with Crippen molar-refractivity contribution < 1.29 is 33.4 Å². The molecule has 10 nitrogen and oxygen atoms in total. The van der Waals surface area contributed by atoms with Crippen LogP contribution in [-0.4, -0.2) is 73.4 Å². The van der Waals surface area contributed by atoms with Crippen LogP contribution in [0.25, 0.3) is 0 Å². The van der Waals surface area contributed by atoms with E-state index in [-0.39, 0.29) is 13.1 Å². The Labute approximate surface area is 155 Å². The lowest BCUT2D eigenvalue weighted by atomic mass is 10.1. The number of nitrogens with zero attached hydrogens (tertiary/aromatic N) is 2. The zero-order valence-electron chi connectivity index (χ0n) is 14.9. The fourth-order valence-electron chi connectivity index (χ4n) is 2.27. The van der Waals surface area contributed by atoms with Crippen LogP contribution in [0.15, 0.2) is 24.3 Å². The van der Waals surface area contributed by atoms with E-state index in [0.29, 0.717) is 5.56 Å². The number of amides is 4. The van der Waals surface area contributed by atoms with Crippen molar-refractivity contribution in [2.45, 2.75) is 6.54 Å². The fraction of sp³-hybridized carbons (Fsp3) is 0.353. The molecule has 4 amide bonds. The number of carbonyl (C=O) groups excluding carboxylic acids is 5. The third-order valence-corrected chi connectivity index (χ3v) is 3.75. The topological polar surface area (TPSA) is 122 Å². The van der Waals surface area contributed by atoms with Gasteiger partial charge in [0, 0.05) is 13.6 Å². The van der Waals surface area contributed by atoms with E-state index in [1.165, 1.54) is 19.1 Å². The van der Waals surface area contributed by atoms with Crippen molar-refractivity contribution in [3.8, 4) is 0 Å². The molecule has 27 heavy (non-hydrogen) atoms. The van der Waals surface area contributed by atoms with Crippen LogP contribution < -0.4 is 5.32 Å². The molecule has 0 aliphatic carbocycles. The smallest absolute Gasteiger partial charge is 0.337 e. The highest BCUT2D eigenvalue weighted by Crippen LogP contribution is 2.08. The van der Waals surface area contributed by atoms with E-state index in [2.05, 4.69) is 10.1 Å². The monoisotopic (exact) mass is 377 g/mol. The number of hydrogen-bond acceptors (Lipinski definition) is 7. The Morgan fingerprint density at radius 2 is 1.81 bits per heavy atom. The summed E-state index contributed by atoms with van der Waals surface area (Å²) >= 11 is 0. The summed E-state index contributed by atoms with van der Waals surface area (Å²) in [5, 5.41) is 2.55. The van der Waals surface area contributed by atoms with E-state index < -0.39 is 42.9 Å². The van der Waals surface area contributed by atoms with Gasteiger partial charge in [0.15, 0.2) is 6.61 Å². The van der Waals surface area contributed by atoms with E-state index in [4.69, 9.17) is 4.74 Å². The van der Waals surface area contributed by atoms with Crippen LogP contribution in [0.1, 0.15) is 15.9 Å². The highest BCUT2D eigenvalue weighted by molar-refractivity contribution is 6.04. The first kappa shape index (κ1) is 19.9. The summed E-state index contributed by atoms with van der Waals surface area (Å²) in [6.45, 7) is -0.998. The van der Waals surface area contributed by atoms with Crippen molar-refractivity contribution in [2.75, 3.05) is 33.9 Å². The zero-order chi connectivity index (χ0) is 20.0. The maximum absolute atomic E-state index is 11.7. The number of benzene rings is 1. The zero-order valence-corrected chi connectivity index (χ0v) is 14.9. The Morgan fingerprint density at radius 1 is 1.15 bits per heavy atom. The molecule has 1 aliphatic rings. The van der Waals surface area contributed by atoms with Crippen LogP contribution in [0, 0.1) is 0 Å². The van der Waals surface area contributed by atoms with Crippen LogP contribution in [0.3, 0.4) is 0 Å². The summed E-state index contributed by atoms with van der Waals surface area (Å²) in [6.07, 6.45) is 0. The van der Waals surface area contributed by atoms with Gasteiger partial charge in [-0.25, -0.2) is 9.59 Å². The number of likely N-dealkylation sites (N-methyl/N-ethyl adjacent to an activating group) is 1. The molecule has 0 radical (unpaired) electrons. The van der Waals surface area contributed by atoms with E-state index in [9.17, 15) is 24.0 Å². The number of hydrogen-bond donors (Lipinski definition) is 1. The molecule has 0 bridgehead atoms. The number of imide groups is 1. The molecule has 10 heteroatoms. The van der Waals surface area contributed by atoms with Crippen molar-refractivity contribution in [3.63, 3.8) is 0 Å². The number of nitrogens with one attached hydrogen (secondary N) is 1. The summed E-state index contributed by atoms with van der Waals surface area (Å²) in [4.78, 5) is 59.9. The van der Waals surface area contributed by atoms with Crippen molar-refractivity contribution in [1.29, 1.82) is 0 Å². The van der Waals surface area contributed by atoms with Gasteiger partial charge in [0.05, 0.1) is 12.7 Å². The number of methoxy groups -OCH3 is 1. The van der Waals surface area contributed by atoms with Gasteiger partial charge in [-0.3, -0.25) is 19.3 Å². The Morgan fingerprint density at radius 3 is 2.37 bits per heavy atom. The molecular weight excluding hydrogens is 358 g/mol. The SMILES string of the molecule is COC(=O)c1ccc(CNC(=O)COC(=O)CN2C(=O)CN(C)C2=O)cc1. The number of carbonyl (C=O) groups is 5. The molecular formula is C17H19N3O7. The molecule has 1 aromatic rings. The van der Waals surface area contributed by atoms with Crippen molar-refractivity contribution in [1.82, 2.24) is 15.1 Å². The van der Waals surface area contributed by atoms with Gasteiger partial charge in [0.2, 0.25) is 0 Å². The Hall–Kier alpha value is -3.43. The molecule has 144 valence electrons. The molecule has 1 aliphatic heterocycles. The fourth-order valence-corrected chi connectivity index (χ4v) is 2.27. The third kappa shape index (κ3) is 5.27. The lowest BCUT2D eigenvalue weighted by Gasteiger charge is -2.13. The lowest BCUT2D eigenvalue weighted by molar-refractivity contribution is -0.150. The minimum absolute atomic E-state index is 0.0959. The predicted octanol–water partition coefficient (Wildman–Crippen LogP) is -0.473. The molecule has 1 saturated heterocycles. The average Bonchev–Trinajstić information content (AvgIpc) is 2.90. The summed E-state index contributed by atoms with van der Waals surface area (Å²) in [5.74, 6) is -2.36. The first-order chi connectivity index (χ1) is 12.8. The van der Waals surface area contributed by atoms with Gasteiger partial charge >= 0.3 is 18.0 Å². The van der Waals surface area contributed by atoms with Gasteiger partial charge in [-0.05, 0) is 17.7 Å². The quantitative estimate of drug-likeness (QED) is 0.503. The van der Waals surface area contributed by atoms with E-state index >= 15 is 0 Å². The summed E-state index contributed by atoms with van der Waals surface area (Å²) < 4.78 is 9.36. The van der Waals surface area contributed by atoms with E-state index in [0.717, 1.165) is 10.5 Å². The van der Waals surface area contributed by atoms with Crippen LogP contribution in [0.4, 0.5) is 4.79 Å². The second kappa shape index (κ2) is 8.79. The van der Waals surface area contributed by atoms with Crippen LogP contribution >= 0.6 is 0 Å². The minimum atomic E-state index is -0.857. The van der Waals surface area contributed by atoms with Gasteiger partial charge in [-0.1, -0.05) is 12.1 Å². The summed E-state index contributed by atoms with van der Waals surface area (Å²) in [7, 11) is 2.72. The molecule has 1 heterocycles. The molecule has 2 rings (SSSR count). The van der Waals surface area contributed by atoms with Crippen molar-refractivity contribution >= 4 is 29.8 Å². The highest BCUT2D eigenvalue weighted by Gasteiger charge is 2.35. The Bertz CT molecular complexity index is 760.